The van der Waals surface area contributed by atoms with Crippen LogP contribution in [0.2, 0.25) is 0 Å². The highest BCUT2D eigenvalue weighted by Crippen LogP contribution is 2.31. The smallest absolute Gasteiger partial charge is 0.223 e. The lowest BCUT2D eigenvalue weighted by molar-refractivity contribution is -0.127. The molecule has 1 fully saturated rings. The molecular weight excluding hydrogens is 240 g/mol. The van der Waals surface area contributed by atoms with Gasteiger partial charge in [0, 0.05) is 5.92 Å². The second kappa shape index (κ2) is 8.54. The maximum atomic E-state index is 12.2. The van der Waals surface area contributed by atoms with E-state index in [0.29, 0.717) is 18.4 Å². The molecule has 0 aromatic carbocycles. The summed E-state index contributed by atoms with van der Waals surface area (Å²) in [6, 6.07) is -0.0950. The molecule has 1 saturated carbocycles. The number of hydrogen-bond acceptors (Lipinski definition) is 3. The van der Waals surface area contributed by atoms with Crippen molar-refractivity contribution < 1.29 is 9.90 Å². The van der Waals surface area contributed by atoms with Crippen molar-refractivity contribution in [2.75, 3.05) is 13.2 Å². The Morgan fingerprint density at radius 3 is 2.74 bits per heavy atom. The third-order valence-electron chi connectivity index (χ3n) is 4.05. The molecule has 19 heavy (non-hydrogen) atoms. The van der Waals surface area contributed by atoms with E-state index in [-0.39, 0.29) is 24.5 Å². The van der Waals surface area contributed by atoms with Gasteiger partial charge in [-0.2, -0.15) is 0 Å². The number of carbonyl (C=O) groups excluding carboxylic acids is 1. The number of nitrogens with two attached hydrogens (primary N) is 1. The van der Waals surface area contributed by atoms with Gasteiger partial charge in [0.2, 0.25) is 5.91 Å². The normalized spacial score (nSPS) is 25.3. The van der Waals surface area contributed by atoms with Gasteiger partial charge in [-0.25, -0.2) is 0 Å². The highest BCUT2D eigenvalue weighted by Gasteiger charge is 2.28. The molecular formula is C15H30N2O2. The maximum Gasteiger partial charge on any atom is 0.223 e. The van der Waals surface area contributed by atoms with Crippen molar-refractivity contribution in [1.29, 1.82) is 0 Å². The maximum absolute atomic E-state index is 12.2. The Hall–Kier alpha value is -0.610. The minimum Gasteiger partial charge on any atom is -0.394 e. The summed E-state index contributed by atoms with van der Waals surface area (Å²) < 4.78 is 0. The second-order valence-corrected chi connectivity index (χ2v) is 6.32. The average Bonchev–Trinajstić information content (AvgIpc) is 2.38. The van der Waals surface area contributed by atoms with Crippen molar-refractivity contribution in [1.82, 2.24) is 5.32 Å². The fraction of sp³-hybridized carbons (Fsp3) is 0.933. The minimum atomic E-state index is -0.0950. The van der Waals surface area contributed by atoms with Crippen molar-refractivity contribution in [2.45, 2.75) is 58.4 Å². The number of aliphatic hydroxyl groups is 1. The van der Waals surface area contributed by atoms with Crippen molar-refractivity contribution in [3.05, 3.63) is 0 Å². The third kappa shape index (κ3) is 5.91. The zero-order chi connectivity index (χ0) is 14.3. The first-order chi connectivity index (χ1) is 9.06. The van der Waals surface area contributed by atoms with Crippen LogP contribution < -0.4 is 11.1 Å². The number of aliphatic hydroxyl groups excluding tert-OH is 1. The average molecular weight is 270 g/mol. The number of carbonyl (C=O) groups is 1. The first-order valence-electron chi connectivity index (χ1n) is 7.68. The zero-order valence-electron chi connectivity index (χ0n) is 12.4. The monoisotopic (exact) mass is 270 g/mol. The molecule has 0 aromatic heterocycles. The van der Waals surface area contributed by atoms with E-state index >= 15 is 0 Å². The molecule has 4 N–H and O–H groups in total. The molecule has 0 saturated heterocycles. The molecule has 0 aliphatic heterocycles. The minimum absolute atomic E-state index is 0.0306. The fourth-order valence-corrected chi connectivity index (χ4v) is 3.09. The van der Waals surface area contributed by atoms with E-state index in [1.165, 1.54) is 6.42 Å². The van der Waals surface area contributed by atoms with E-state index < -0.39 is 0 Å². The Kier molecular flexibility index (Phi) is 7.39. The topological polar surface area (TPSA) is 75.3 Å². The summed E-state index contributed by atoms with van der Waals surface area (Å²) in [5.41, 5.74) is 5.60. The Labute approximate surface area is 117 Å². The first-order valence-corrected chi connectivity index (χ1v) is 7.68. The summed E-state index contributed by atoms with van der Waals surface area (Å²) in [6.45, 7) is 4.95. The lowest BCUT2D eigenvalue weighted by atomic mass is 9.79. The molecule has 0 spiro atoms. The predicted octanol–water partition coefficient (Wildman–Crippen LogP) is 1.66. The molecule has 1 aliphatic rings. The Morgan fingerprint density at radius 2 is 2.16 bits per heavy atom. The number of amides is 1. The van der Waals surface area contributed by atoms with Crippen LogP contribution in [0.5, 0.6) is 0 Å². The van der Waals surface area contributed by atoms with Gasteiger partial charge in [0.1, 0.15) is 0 Å². The van der Waals surface area contributed by atoms with Crippen molar-refractivity contribution in [3.63, 3.8) is 0 Å². The molecule has 4 heteroatoms. The summed E-state index contributed by atoms with van der Waals surface area (Å²) >= 11 is 0. The molecule has 1 amide bonds. The van der Waals surface area contributed by atoms with Gasteiger partial charge in [0.25, 0.3) is 0 Å². The van der Waals surface area contributed by atoms with Crippen LogP contribution in [0.4, 0.5) is 0 Å². The van der Waals surface area contributed by atoms with E-state index in [9.17, 15) is 9.90 Å². The van der Waals surface area contributed by atoms with Gasteiger partial charge in [-0.05, 0) is 44.1 Å². The highest BCUT2D eigenvalue weighted by atomic mass is 16.3. The van der Waals surface area contributed by atoms with E-state index in [1.54, 1.807) is 0 Å². The largest absolute Gasteiger partial charge is 0.394 e. The lowest BCUT2D eigenvalue weighted by Gasteiger charge is -2.29. The Morgan fingerprint density at radius 1 is 1.42 bits per heavy atom. The lowest BCUT2D eigenvalue weighted by Crippen LogP contribution is -2.43. The predicted molar refractivity (Wildman–Crippen MR) is 77.6 cm³/mol. The molecule has 1 aliphatic carbocycles. The van der Waals surface area contributed by atoms with Crippen molar-refractivity contribution >= 4 is 5.91 Å². The molecule has 3 unspecified atom stereocenters. The van der Waals surface area contributed by atoms with Crippen LogP contribution in [0.15, 0.2) is 0 Å². The SMILES string of the molecule is CC(C)CC(CO)NC(=O)C1CCCC(CCN)C1. The molecule has 4 nitrogen and oxygen atoms in total. The van der Waals surface area contributed by atoms with Crippen molar-refractivity contribution in [3.8, 4) is 0 Å². The number of rotatable bonds is 7. The van der Waals surface area contributed by atoms with Crippen LogP contribution in [0.25, 0.3) is 0 Å². The summed E-state index contributed by atoms with van der Waals surface area (Å²) in [6.07, 6.45) is 6.13. The number of hydrogen-bond donors (Lipinski definition) is 3. The van der Waals surface area contributed by atoms with Crippen LogP contribution in [-0.4, -0.2) is 30.2 Å². The van der Waals surface area contributed by atoms with E-state index in [2.05, 4.69) is 19.2 Å². The van der Waals surface area contributed by atoms with Gasteiger partial charge in [0.15, 0.2) is 0 Å². The fourth-order valence-electron chi connectivity index (χ4n) is 3.09. The van der Waals surface area contributed by atoms with Gasteiger partial charge in [-0.3, -0.25) is 4.79 Å². The van der Waals surface area contributed by atoms with Crippen LogP contribution >= 0.6 is 0 Å². The zero-order valence-corrected chi connectivity index (χ0v) is 12.4. The van der Waals surface area contributed by atoms with Gasteiger partial charge < -0.3 is 16.2 Å². The van der Waals surface area contributed by atoms with Crippen LogP contribution in [0.1, 0.15) is 52.4 Å². The quantitative estimate of drug-likeness (QED) is 0.658. The van der Waals surface area contributed by atoms with Crippen LogP contribution in [0.3, 0.4) is 0 Å². The first kappa shape index (κ1) is 16.4. The second-order valence-electron chi connectivity index (χ2n) is 6.32. The third-order valence-corrected chi connectivity index (χ3v) is 4.05. The highest BCUT2D eigenvalue weighted by molar-refractivity contribution is 5.79. The van der Waals surface area contributed by atoms with Crippen LogP contribution in [0, 0.1) is 17.8 Å². The molecule has 1 rings (SSSR count). The molecule has 0 aromatic rings. The molecule has 112 valence electrons. The van der Waals surface area contributed by atoms with E-state index in [4.69, 9.17) is 5.73 Å². The molecule has 3 atom stereocenters. The van der Waals surface area contributed by atoms with E-state index in [0.717, 1.165) is 32.1 Å². The van der Waals surface area contributed by atoms with Gasteiger partial charge in [0.05, 0.1) is 12.6 Å². The van der Waals surface area contributed by atoms with Gasteiger partial charge in [-0.1, -0.05) is 26.7 Å². The molecule has 0 radical (unpaired) electrons. The summed E-state index contributed by atoms with van der Waals surface area (Å²) in [5, 5.41) is 12.3. The van der Waals surface area contributed by atoms with Gasteiger partial charge >= 0.3 is 0 Å². The number of nitrogens with one attached hydrogen (secondary N) is 1. The molecule has 0 heterocycles. The standard InChI is InChI=1S/C15H30N2O2/c1-11(2)8-14(10-18)17-15(19)13-5-3-4-12(9-13)6-7-16/h11-14,18H,3-10,16H2,1-2H3,(H,17,19). The van der Waals surface area contributed by atoms with Crippen LogP contribution in [-0.2, 0) is 4.79 Å². The summed E-state index contributed by atoms with van der Waals surface area (Å²) in [7, 11) is 0. The Bertz CT molecular complexity index is 267. The Balaban J connectivity index is 2.42. The van der Waals surface area contributed by atoms with Crippen molar-refractivity contribution in [2.24, 2.45) is 23.5 Å². The van der Waals surface area contributed by atoms with E-state index in [1.807, 2.05) is 0 Å². The summed E-state index contributed by atoms with van der Waals surface area (Å²) in [5.74, 6) is 1.33. The summed E-state index contributed by atoms with van der Waals surface area (Å²) in [4.78, 5) is 12.2. The molecule has 0 bridgehead atoms. The van der Waals surface area contributed by atoms with Gasteiger partial charge in [-0.15, -0.1) is 0 Å².